The van der Waals surface area contributed by atoms with Gasteiger partial charge in [0.25, 0.3) is 0 Å². The Morgan fingerprint density at radius 1 is 0.929 bits per heavy atom. The number of rotatable bonds is 8. The molecule has 1 amide bonds. The van der Waals surface area contributed by atoms with Gasteiger partial charge < -0.3 is 19.5 Å². The molecular weight excluding hydrogens is 354 g/mol. The predicted octanol–water partition coefficient (Wildman–Crippen LogP) is 4.07. The van der Waals surface area contributed by atoms with E-state index in [1.807, 2.05) is 42.5 Å². The molecule has 0 atom stereocenters. The van der Waals surface area contributed by atoms with Crippen LogP contribution >= 0.6 is 0 Å². The minimum atomic E-state index is -0.202. The highest BCUT2D eigenvalue weighted by molar-refractivity contribution is 5.92. The maximum absolute atomic E-state index is 12.0. The van der Waals surface area contributed by atoms with Crippen molar-refractivity contribution in [3.63, 3.8) is 0 Å². The monoisotopic (exact) mass is 377 g/mol. The van der Waals surface area contributed by atoms with Crippen molar-refractivity contribution in [2.45, 2.75) is 0 Å². The fraction of sp³-hybridized carbons (Fsp3) is 0.174. The van der Waals surface area contributed by atoms with E-state index in [2.05, 4.69) is 11.4 Å². The number of fused-ring (bicyclic) bond motifs is 1. The summed E-state index contributed by atoms with van der Waals surface area (Å²) in [7, 11) is 3.18. The molecule has 0 aliphatic heterocycles. The van der Waals surface area contributed by atoms with E-state index in [0.29, 0.717) is 24.7 Å². The van der Waals surface area contributed by atoms with E-state index in [0.717, 1.165) is 16.7 Å². The van der Waals surface area contributed by atoms with Gasteiger partial charge in [-0.15, -0.1) is 0 Å². The summed E-state index contributed by atoms with van der Waals surface area (Å²) in [5, 5.41) is 5.10. The highest BCUT2D eigenvalue weighted by atomic mass is 16.5. The Balaban J connectivity index is 1.49. The second kappa shape index (κ2) is 9.46. The third kappa shape index (κ3) is 5.04. The molecule has 28 heavy (non-hydrogen) atoms. The van der Waals surface area contributed by atoms with Gasteiger partial charge in [-0.3, -0.25) is 4.79 Å². The molecule has 0 unspecified atom stereocenters. The quantitative estimate of drug-likeness (QED) is 0.475. The van der Waals surface area contributed by atoms with E-state index >= 15 is 0 Å². The van der Waals surface area contributed by atoms with Crippen molar-refractivity contribution < 1.29 is 19.0 Å². The number of carbonyl (C=O) groups excluding carboxylic acids is 1. The standard InChI is InChI=1S/C23H23NO4/c1-26-20-10-11-22(27-2)19(16-20)8-12-23(25)24-13-14-28-21-9-7-17-5-3-4-6-18(17)15-21/h3-12,15-16H,13-14H2,1-2H3,(H,24,25). The van der Waals surface area contributed by atoms with Gasteiger partial charge in [-0.1, -0.05) is 30.3 Å². The van der Waals surface area contributed by atoms with E-state index in [4.69, 9.17) is 14.2 Å². The van der Waals surface area contributed by atoms with Crippen LogP contribution in [0.2, 0.25) is 0 Å². The van der Waals surface area contributed by atoms with Gasteiger partial charge in [0, 0.05) is 11.6 Å². The first-order valence-corrected chi connectivity index (χ1v) is 8.99. The maximum Gasteiger partial charge on any atom is 0.244 e. The molecule has 5 heteroatoms. The Labute approximate surface area is 164 Å². The molecule has 0 heterocycles. The lowest BCUT2D eigenvalue weighted by Crippen LogP contribution is -2.26. The first kappa shape index (κ1) is 19.3. The number of hydrogen-bond acceptors (Lipinski definition) is 4. The molecule has 3 aromatic carbocycles. The predicted molar refractivity (Wildman–Crippen MR) is 111 cm³/mol. The number of amides is 1. The van der Waals surface area contributed by atoms with Crippen LogP contribution in [0.4, 0.5) is 0 Å². The van der Waals surface area contributed by atoms with Crippen molar-refractivity contribution in [2.24, 2.45) is 0 Å². The average molecular weight is 377 g/mol. The second-order valence-corrected chi connectivity index (χ2v) is 6.09. The van der Waals surface area contributed by atoms with Crippen molar-refractivity contribution >= 4 is 22.8 Å². The summed E-state index contributed by atoms with van der Waals surface area (Å²) in [4.78, 5) is 12.0. The summed E-state index contributed by atoms with van der Waals surface area (Å²) >= 11 is 0. The van der Waals surface area contributed by atoms with Crippen molar-refractivity contribution in [1.29, 1.82) is 0 Å². The second-order valence-electron chi connectivity index (χ2n) is 6.09. The fourth-order valence-corrected chi connectivity index (χ4v) is 2.79. The number of nitrogens with one attached hydrogen (secondary N) is 1. The van der Waals surface area contributed by atoms with Gasteiger partial charge >= 0.3 is 0 Å². The van der Waals surface area contributed by atoms with Crippen molar-refractivity contribution in [3.8, 4) is 17.2 Å². The van der Waals surface area contributed by atoms with Crippen LogP contribution in [0, 0.1) is 0 Å². The SMILES string of the molecule is COc1ccc(OC)c(C=CC(=O)NCCOc2ccc3ccccc3c2)c1. The van der Waals surface area contributed by atoms with Crippen LogP contribution in [0.3, 0.4) is 0 Å². The molecule has 0 fully saturated rings. The molecule has 0 saturated heterocycles. The Morgan fingerprint density at radius 2 is 1.71 bits per heavy atom. The molecule has 0 aromatic heterocycles. The number of methoxy groups -OCH3 is 2. The lowest BCUT2D eigenvalue weighted by Gasteiger charge is -2.08. The first-order valence-electron chi connectivity index (χ1n) is 8.99. The summed E-state index contributed by atoms with van der Waals surface area (Å²) in [5.41, 5.74) is 0.768. The van der Waals surface area contributed by atoms with Crippen LogP contribution < -0.4 is 19.5 Å². The van der Waals surface area contributed by atoms with E-state index < -0.39 is 0 Å². The summed E-state index contributed by atoms with van der Waals surface area (Å²) in [6, 6.07) is 19.5. The molecule has 0 saturated carbocycles. The van der Waals surface area contributed by atoms with E-state index in [9.17, 15) is 4.79 Å². The average Bonchev–Trinajstić information content (AvgIpc) is 2.74. The number of carbonyl (C=O) groups is 1. The van der Waals surface area contributed by atoms with Gasteiger partial charge in [-0.05, 0) is 47.2 Å². The summed E-state index contributed by atoms with van der Waals surface area (Å²) < 4.78 is 16.2. The third-order valence-electron chi connectivity index (χ3n) is 4.24. The van der Waals surface area contributed by atoms with Gasteiger partial charge in [-0.2, -0.15) is 0 Å². The zero-order valence-electron chi connectivity index (χ0n) is 16.0. The third-order valence-corrected chi connectivity index (χ3v) is 4.24. The van der Waals surface area contributed by atoms with Crippen LogP contribution in [0.5, 0.6) is 17.2 Å². The molecule has 3 rings (SSSR count). The first-order chi connectivity index (χ1) is 13.7. The minimum Gasteiger partial charge on any atom is -0.497 e. The van der Waals surface area contributed by atoms with Gasteiger partial charge in [0.05, 0.1) is 20.8 Å². The van der Waals surface area contributed by atoms with Gasteiger partial charge in [-0.25, -0.2) is 0 Å². The molecule has 0 aliphatic rings. The van der Waals surface area contributed by atoms with Crippen molar-refractivity contribution in [3.05, 3.63) is 72.3 Å². The topological polar surface area (TPSA) is 56.8 Å². The summed E-state index contributed by atoms with van der Waals surface area (Å²) in [6.07, 6.45) is 3.16. The van der Waals surface area contributed by atoms with Gasteiger partial charge in [0.15, 0.2) is 0 Å². The Bertz CT molecular complexity index is 981. The molecule has 5 nitrogen and oxygen atoms in total. The number of benzene rings is 3. The molecule has 1 N–H and O–H groups in total. The molecule has 0 spiro atoms. The summed E-state index contributed by atoms with van der Waals surface area (Å²) in [6.45, 7) is 0.797. The normalized spacial score (nSPS) is 10.8. The van der Waals surface area contributed by atoms with Crippen LogP contribution in [0.1, 0.15) is 5.56 Å². The molecule has 0 radical (unpaired) electrons. The van der Waals surface area contributed by atoms with Crippen LogP contribution in [-0.4, -0.2) is 33.3 Å². The molecule has 144 valence electrons. The lowest BCUT2D eigenvalue weighted by molar-refractivity contribution is -0.116. The fourth-order valence-electron chi connectivity index (χ4n) is 2.79. The highest BCUT2D eigenvalue weighted by Gasteiger charge is 2.03. The smallest absolute Gasteiger partial charge is 0.244 e. The number of hydrogen-bond donors (Lipinski definition) is 1. The molecular formula is C23H23NO4. The molecule has 3 aromatic rings. The Kier molecular flexibility index (Phi) is 6.52. The Morgan fingerprint density at radius 3 is 2.50 bits per heavy atom. The summed E-state index contributed by atoms with van der Waals surface area (Å²) in [5.74, 6) is 1.95. The van der Waals surface area contributed by atoms with E-state index in [-0.39, 0.29) is 5.91 Å². The Hall–Kier alpha value is -3.47. The number of ether oxygens (including phenoxy) is 3. The van der Waals surface area contributed by atoms with Crippen LogP contribution in [0.25, 0.3) is 16.8 Å². The zero-order chi connectivity index (χ0) is 19.8. The molecule has 0 bridgehead atoms. The van der Waals surface area contributed by atoms with Crippen molar-refractivity contribution in [2.75, 3.05) is 27.4 Å². The van der Waals surface area contributed by atoms with Gasteiger partial charge in [0.1, 0.15) is 23.9 Å². The van der Waals surface area contributed by atoms with Crippen LogP contribution in [-0.2, 0) is 4.79 Å². The van der Waals surface area contributed by atoms with Crippen molar-refractivity contribution in [1.82, 2.24) is 5.32 Å². The largest absolute Gasteiger partial charge is 0.497 e. The maximum atomic E-state index is 12.0. The van der Waals surface area contributed by atoms with Crippen LogP contribution in [0.15, 0.2) is 66.7 Å². The van der Waals surface area contributed by atoms with E-state index in [1.165, 1.54) is 11.5 Å². The highest BCUT2D eigenvalue weighted by Crippen LogP contribution is 2.25. The van der Waals surface area contributed by atoms with Gasteiger partial charge in [0.2, 0.25) is 5.91 Å². The lowest BCUT2D eigenvalue weighted by atomic mass is 10.1. The van der Waals surface area contributed by atoms with E-state index in [1.54, 1.807) is 32.4 Å². The zero-order valence-corrected chi connectivity index (χ0v) is 16.0. The minimum absolute atomic E-state index is 0.202. The molecule has 0 aliphatic carbocycles.